The summed E-state index contributed by atoms with van der Waals surface area (Å²) in [5, 5.41) is 0. The summed E-state index contributed by atoms with van der Waals surface area (Å²) >= 11 is 0. The molecule has 2 aromatic rings. The van der Waals surface area contributed by atoms with Gasteiger partial charge in [-0.2, -0.15) is 0 Å². The van der Waals surface area contributed by atoms with Crippen molar-refractivity contribution in [3.63, 3.8) is 0 Å². The number of hydrogen-bond donors (Lipinski definition) is 0. The van der Waals surface area contributed by atoms with E-state index in [0.29, 0.717) is 0 Å². The van der Waals surface area contributed by atoms with Gasteiger partial charge in [-0.05, 0) is 41.3 Å². The molecule has 0 N–H and O–H groups in total. The lowest BCUT2D eigenvalue weighted by atomic mass is 9.93. The smallest absolute Gasteiger partial charge is 0.192 e. The van der Waals surface area contributed by atoms with Gasteiger partial charge in [-0.1, -0.05) is 48.6 Å². The van der Waals surface area contributed by atoms with E-state index in [-0.39, 0.29) is 6.23 Å². The van der Waals surface area contributed by atoms with Gasteiger partial charge >= 0.3 is 0 Å². The predicted molar refractivity (Wildman–Crippen MR) is 86.5 cm³/mol. The summed E-state index contributed by atoms with van der Waals surface area (Å²) < 4.78 is 6.03. The minimum Gasteiger partial charge on any atom is -0.465 e. The zero-order chi connectivity index (χ0) is 14.2. The molecule has 104 valence electrons. The van der Waals surface area contributed by atoms with Crippen LogP contribution in [0.2, 0.25) is 0 Å². The van der Waals surface area contributed by atoms with Crippen LogP contribution >= 0.6 is 0 Å². The Morgan fingerprint density at radius 1 is 1.05 bits per heavy atom. The van der Waals surface area contributed by atoms with E-state index in [1.165, 1.54) is 16.7 Å². The van der Waals surface area contributed by atoms with E-state index in [9.17, 15) is 0 Å². The van der Waals surface area contributed by atoms with Crippen molar-refractivity contribution in [3.8, 4) is 5.75 Å². The van der Waals surface area contributed by atoms with Gasteiger partial charge < -0.3 is 9.64 Å². The number of fused-ring (bicyclic) bond motifs is 2. The molecular weight excluding hydrogens is 258 g/mol. The van der Waals surface area contributed by atoms with Crippen LogP contribution in [0.4, 0.5) is 5.69 Å². The van der Waals surface area contributed by atoms with Crippen LogP contribution in [0.5, 0.6) is 5.75 Å². The van der Waals surface area contributed by atoms with E-state index < -0.39 is 0 Å². The predicted octanol–water partition coefficient (Wildman–Crippen LogP) is 4.04. The number of ether oxygens (including phenoxy) is 1. The molecule has 0 saturated heterocycles. The number of nitrogens with zero attached hydrogens (tertiary/aromatic N) is 1. The van der Waals surface area contributed by atoms with Crippen molar-refractivity contribution in [3.05, 3.63) is 77.4 Å². The SMILES string of the molecule is CN1c2ccccc2OC1C=C1C=Cc2ccccc2C1. The molecule has 0 bridgehead atoms. The van der Waals surface area contributed by atoms with E-state index in [1.807, 2.05) is 18.2 Å². The molecule has 1 unspecified atom stereocenters. The number of anilines is 1. The molecule has 2 heteroatoms. The van der Waals surface area contributed by atoms with E-state index in [0.717, 1.165) is 17.9 Å². The lowest BCUT2D eigenvalue weighted by Gasteiger charge is -2.20. The van der Waals surface area contributed by atoms with Gasteiger partial charge in [0.15, 0.2) is 6.23 Å². The molecule has 1 heterocycles. The van der Waals surface area contributed by atoms with Crippen molar-refractivity contribution < 1.29 is 4.74 Å². The highest BCUT2D eigenvalue weighted by molar-refractivity contribution is 5.64. The fourth-order valence-corrected chi connectivity index (χ4v) is 2.97. The first-order valence-electron chi connectivity index (χ1n) is 7.26. The Balaban J connectivity index is 1.61. The van der Waals surface area contributed by atoms with Crippen molar-refractivity contribution in [2.75, 3.05) is 11.9 Å². The summed E-state index contributed by atoms with van der Waals surface area (Å²) in [6, 6.07) is 16.7. The molecule has 2 aromatic carbocycles. The van der Waals surface area contributed by atoms with Crippen LogP contribution in [0.25, 0.3) is 6.08 Å². The van der Waals surface area contributed by atoms with Crippen LogP contribution in [-0.2, 0) is 6.42 Å². The first kappa shape index (κ1) is 12.3. The Bertz CT molecular complexity index is 745. The van der Waals surface area contributed by atoms with Gasteiger partial charge in [-0.25, -0.2) is 0 Å². The molecule has 0 radical (unpaired) electrons. The zero-order valence-corrected chi connectivity index (χ0v) is 12.0. The second-order valence-corrected chi connectivity index (χ2v) is 5.54. The van der Waals surface area contributed by atoms with E-state index in [2.05, 4.69) is 60.5 Å². The number of para-hydroxylation sites is 2. The lowest BCUT2D eigenvalue weighted by Crippen LogP contribution is -2.29. The third-order valence-corrected chi connectivity index (χ3v) is 4.16. The Morgan fingerprint density at radius 3 is 2.76 bits per heavy atom. The van der Waals surface area contributed by atoms with Gasteiger partial charge in [-0.3, -0.25) is 0 Å². The van der Waals surface area contributed by atoms with Gasteiger partial charge in [0.1, 0.15) is 5.75 Å². The zero-order valence-electron chi connectivity index (χ0n) is 12.0. The third-order valence-electron chi connectivity index (χ3n) is 4.16. The minimum atomic E-state index is -0.0210. The maximum absolute atomic E-state index is 6.03. The van der Waals surface area contributed by atoms with Gasteiger partial charge in [-0.15, -0.1) is 0 Å². The summed E-state index contributed by atoms with van der Waals surface area (Å²) in [7, 11) is 2.08. The number of hydrogen-bond acceptors (Lipinski definition) is 2. The molecule has 2 aliphatic rings. The molecule has 1 aliphatic carbocycles. The summed E-state index contributed by atoms with van der Waals surface area (Å²) in [5.74, 6) is 0.960. The number of benzene rings is 2. The molecule has 21 heavy (non-hydrogen) atoms. The highest BCUT2D eigenvalue weighted by Crippen LogP contribution is 2.36. The molecule has 1 atom stereocenters. The van der Waals surface area contributed by atoms with Crippen molar-refractivity contribution in [2.24, 2.45) is 0 Å². The van der Waals surface area contributed by atoms with Crippen LogP contribution in [0.3, 0.4) is 0 Å². The highest BCUT2D eigenvalue weighted by Gasteiger charge is 2.26. The van der Waals surface area contributed by atoms with E-state index in [4.69, 9.17) is 4.74 Å². The summed E-state index contributed by atoms with van der Waals surface area (Å²) in [4.78, 5) is 2.18. The van der Waals surface area contributed by atoms with Crippen molar-refractivity contribution in [1.29, 1.82) is 0 Å². The average molecular weight is 275 g/mol. The second kappa shape index (κ2) is 4.81. The van der Waals surface area contributed by atoms with Crippen molar-refractivity contribution in [1.82, 2.24) is 0 Å². The summed E-state index contributed by atoms with van der Waals surface area (Å²) in [6.07, 6.45) is 7.55. The van der Waals surface area contributed by atoms with Crippen LogP contribution < -0.4 is 9.64 Å². The van der Waals surface area contributed by atoms with Crippen LogP contribution in [0, 0.1) is 0 Å². The standard InChI is InChI=1S/C19H17NO/c1-20-17-8-4-5-9-18(17)21-19(20)13-14-10-11-15-6-2-3-7-16(15)12-14/h2-11,13,19H,12H2,1H3. The third kappa shape index (κ3) is 2.13. The first-order valence-corrected chi connectivity index (χ1v) is 7.26. The average Bonchev–Trinajstić information content (AvgIpc) is 2.84. The second-order valence-electron chi connectivity index (χ2n) is 5.54. The Hall–Kier alpha value is -2.48. The molecule has 0 spiro atoms. The van der Waals surface area contributed by atoms with E-state index >= 15 is 0 Å². The molecular formula is C19H17NO. The van der Waals surface area contributed by atoms with Crippen molar-refractivity contribution in [2.45, 2.75) is 12.6 Å². The largest absolute Gasteiger partial charge is 0.465 e. The lowest BCUT2D eigenvalue weighted by molar-refractivity contribution is 0.279. The molecule has 4 rings (SSSR count). The number of likely N-dealkylation sites (N-methyl/N-ethyl adjacent to an activating group) is 1. The van der Waals surface area contributed by atoms with Gasteiger partial charge in [0.2, 0.25) is 0 Å². The number of allylic oxidation sites excluding steroid dienone is 2. The Morgan fingerprint density at radius 2 is 1.86 bits per heavy atom. The monoisotopic (exact) mass is 275 g/mol. The topological polar surface area (TPSA) is 12.5 Å². The number of rotatable bonds is 1. The Kier molecular flexibility index (Phi) is 2.81. The van der Waals surface area contributed by atoms with Gasteiger partial charge in [0.05, 0.1) is 5.69 Å². The Labute approximate surface area is 125 Å². The maximum Gasteiger partial charge on any atom is 0.192 e. The molecule has 0 fully saturated rings. The van der Waals surface area contributed by atoms with Crippen molar-refractivity contribution >= 4 is 11.8 Å². The maximum atomic E-state index is 6.03. The molecule has 0 aromatic heterocycles. The quantitative estimate of drug-likeness (QED) is 0.779. The van der Waals surface area contributed by atoms with E-state index in [1.54, 1.807) is 0 Å². The van der Waals surface area contributed by atoms with Gasteiger partial charge in [0.25, 0.3) is 0 Å². The fourth-order valence-electron chi connectivity index (χ4n) is 2.97. The molecule has 0 amide bonds. The molecule has 0 saturated carbocycles. The van der Waals surface area contributed by atoms with Crippen LogP contribution in [0.15, 0.2) is 66.3 Å². The normalized spacial score (nSPS) is 21.1. The van der Waals surface area contributed by atoms with Gasteiger partial charge in [0, 0.05) is 7.05 Å². The minimum absolute atomic E-state index is 0.0210. The fraction of sp³-hybridized carbons (Fsp3) is 0.158. The summed E-state index contributed by atoms with van der Waals surface area (Å²) in [6.45, 7) is 0. The highest BCUT2D eigenvalue weighted by atomic mass is 16.5. The summed E-state index contributed by atoms with van der Waals surface area (Å²) in [5.41, 5.74) is 5.15. The van der Waals surface area contributed by atoms with Crippen LogP contribution in [0.1, 0.15) is 11.1 Å². The molecule has 2 nitrogen and oxygen atoms in total. The van der Waals surface area contributed by atoms with Crippen LogP contribution in [-0.4, -0.2) is 13.3 Å². The first-order chi connectivity index (χ1) is 10.3. The molecule has 1 aliphatic heterocycles.